The van der Waals surface area contributed by atoms with Gasteiger partial charge in [0.25, 0.3) is 0 Å². The summed E-state index contributed by atoms with van der Waals surface area (Å²) >= 11 is 0. The van der Waals surface area contributed by atoms with E-state index in [1.165, 1.54) is 11.8 Å². The van der Waals surface area contributed by atoms with Gasteiger partial charge in [-0.05, 0) is 52.0 Å². The lowest BCUT2D eigenvalue weighted by molar-refractivity contribution is 0.532. The Balaban J connectivity index is 1.92. The molecular weight excluding hydrogens is 204 g/mol. The van der Waals surface area contributed by atoms with Crippen molar-refractivity contribution in [1.29, 1.82) is 0 Å². The average molecular weight is 218 g/mol. The smallest absolute Gasteiger partial charge is 0.00178 e. The number of rotatable bonds is 0. The van der Waals surface area contributed by atoms with Gasteiger partial charge >= 0.3 is 0 Å². The van der Waals surface area contributed by atoms with Crippen molar-refractivity contribution in [2.45, 2.75) is 18.3 Å². The molecule has 0 amide bonds. The van der Waals surface area contributed by atoms with Crippen molar-refractivity contribution in [3.63, 3.8) is 0 Å². The molecule has 17 heavy (non-hydrogen) atoms. The predicted octanol–water partition coefficient (Wildman–Crippen LogP) is 4.23. The number of hydrogen-bond donors (Lipinski definition) is 0. The van der Waals surface area contributed by atoms with Crippen molar-refractivity contribution in [3.05, 3.63) is 59.7 Å². The molecule has 2 aromatic carbocycles. The summed E-state index contributed by atoms with van der Waals surface area (Å²) in [7, 11) is 0. The van der Waals surface area contributed by atoms with Crippen LogP contribution in [0.1, 0.15) is 29.4 Å². The minimum absolute atomic E-state index is 0.783. The first-order chi connectivity index (χ1) is 8.43. The van der Waals surface area contributed by atoms with Crippen LogP contribution in [0.2, 0.25) is 0 Å². The van der Waals surface area contributed by atoms with Crippen molar-refractivity contribution < 1.29 is 0 Å². The standard InChI is InChI=1S/C17H14/c1-3-10-4-2-6-14-15(10)13(5-1)16-11-7-8-12(9-11)17(14)16/h1-8,11-12,16-17H,9H2/t11-,12+,16-,17+. The van der Waals surface area contributed by atoms with Gasteiger partial charge in [-0.3, -0.25) is 0 Å². The normalized spacial score (nSPS) is 35.8. The third-order valence-electron chi connectivity index (χ3n) is 5.15. The summed E-state index contributed by atoms with van der Waals surface area (Å²) in [5.41, 5.74) is 3.25. The molecule has 3 aliphatic rings. The third kappa shape index (κ3) is 0.845. The van der Waals surface area contributed by atoms with Gasteiger partial charge in [-0.1, -0.05) is 48.6 Å². The Labute approximate surface area is 101 Å². The van der Waals surface area contributed by atoms with E-state index in [1.807, 2.05) is 0 Å². The van der Waals surface area contributed by atoms with Crippen molar-refractivity contribution in [3.8, 4) is 0 Å². The molecule has 0 aromatic heterocycles. The fraction of sp³-hybridized carbons (Fsp3) is 0.294. The van der Waals surface area contributed by atoms with Crippen LogP contribution in [0.25, 0.3) is 10.8 Å². The molecule has 0 heterocycles. The summed E-state index contributed by atoms with van der Waals surface area (Å²) in [6, 6.07) is 13.7. The minimum Gasteiger partial charge on any atom is -0.0845 e. The monoisotopic (exact) mass is 218 g/mol. The van der Waals surface area contributed by atoms with Gasteiger partial charge in [-0.15, -0.1) is 0 Å². The van der Waals surface area contributed by atoms with E-state index in [9.17, 15) is 0 Å². The molecular formula is C17H14. The van der Waals surface area contributed by atoms with Crippen LogP contribution in [-0.4, -0.2) is 0 Å². The molecule has 0 unspecified atom stereocenters. The van der Waals surface area contributed by atoms with Gasteiger partial charge in [0.15, 0.2) is 0 Å². The highest BCUT2D eigenvalue weighted by atomic mass is 14.5. The fourth-order valence-electron chi connectivity index (χ4n) is 4.63. The average Bonchev–Trinajstić information content (AvgIpc) is 3.03. The largest absolute Gasteiger partial charge is 0.0845 e. The summed E-state index contributed by atoms with van der Waals surface area (Å²) in [6.07, 6.45) is 6.33. The molecule has 1 saturated carbocycles. The molecule has 1 fully saturated rings. The van der Waals surface area contributed by atoms with Crippen LogP contribution >= 0.6 is 0 Å². The van der Waals surface area contributed by atoms with Crippen molar-refractivity contribution in [2.75, 3.05) is 0 Å². The molecule has 4 atom stereocenters. The molecule has 0 aliphatic heterocycles. The van der Waals surface area contributed by atoms with Crippen LogP contribution in [0.15, 0.2) is 48.6 Å². The lowest BCUT2D eigenvalue weighted by Gasteiger charge is -2.22. The van der Waals surface area contributed by atoms with E-state index >= 15 is 0 Å². The molecule has 0 radical (unpaired) electrons. The van der Waals surface area contributed by atoms with Crippen LogP contribution in [0, 0.1) is 11.8 Å². The summed E-state index contributed by atoms with van der Waals surface area (Å²) < 4.78 is 0. The number of allylic oxidation sites excluding steroid dienone is 2. The molecule has 0 spiro atoms. The SMILES string of the molecule is C1=C[C@H]2C[C@@H]1[C@@H]1c3cccc4cccc(c34)[C@@H]12. The second kappa shape index (κ2) is 2.64. The van der Waals surface area contributed by atoms with Gasteiger partial charge in [0.1, 0.15) is 0 Å². The van der Waals surface area contributed by atoms with Crippen LogP contribution in [-0.2, 0) is 0 Å². The predicted molar refractivity (Wildman–Crippen MR) is 70.2 cm³/mol. The lowest BCUT2D eigenvalue weighted by Crippen LogP contribution is -2.10. The molecule has 5 rings (SSSR count). The van der Waals surface area contributed by atoms with Gasteiger partial charge in [-0.25, -0.2) is 0 Å². The zero-order valence-corrected chi connectivity index (χ0v) is 9.64. The molecule has 0 nitrogen and oxygen atoms in total. The van der Waals surface area contributed by atoms with Crippen molar-refractivity contribution in [1.82, 2.24) is 0 Å². The van der Waals surface area contributed by atoms with E-state index in [0.29, 0.717) is 0 Å². The summed E-state index contributed by atoms with van der Waals surface area (Å²) in [4.78, 5) is 0. The Bertz CT molecular complexity index is 612. The second-order valence-corrected chi connectivity index (χ2v) is 5.79. The number of hydrogen-bond acceptors (Lipinski definition) is 0. The maximum atomic E-state index is 2.47. The first-order valence-corrected chi connectivity index (χ1v) is 6.63. The Kier molecular flexibility index (Phi) is 1.32. The maximum Gasteiger partial charge on any atom is -0.00178 e. The highest BCUT2D eigenvalue weighted by Crippen LogP contribution is 2.63. The Hall–Kier alpha value is -1.56. The zero-order chi connectivity index (χ0) is 11.0. The lowest BCUT2D eigenvalue weighted by atomic mass is 9.81. The topological polar surface area (TPSA) is 0 Å². The first kappa shape index (κ1) is 8.52. The van der Waals surface area contributed by atoms with E-state index < -0.39 is 0 Å². The summed E-state index contributed by atoms with van der Waals surface area (Å²) in [5, 5.41) is 3.01. The Morgan fingerprint density at radius 2 is 1.35 bits per heavy atom. The summed E-state index contributed by atoms with van der Waals surface area (Å²) in [5.74, 6) is 3.18. The van der Waals surface area contributed by atoms with Gasteiger partial charge in [0.2, 0.25) is 0 Å². The molecule has 0 heteroatoms. The van der Waals surface area contributed by atoms with Crippen LogP contribution in [0.3, 0.4) is 0 Å². The highest BCUT2D eigenvalue weighted by Gasteiger charge is 2.49. The molecule has 82 valence electrons. The van der Waals surface area contributed by atoms with Crippen molar-refractivity contribution >= 4 is 10.8 Å². The number of benzene rings is 2. The van der Waals surface area contributed by atoms with E-state index in [2.05, 4.69) is 48.6 Å². The first-order valence-electron chi connectivity index (χ1n) is 6.63. The van der Waals surface area contributed by atoms with E-state index in [0.717, 1.165) is 23.7 Å². The summed E-state index contributed by atoms with van der Waals surface area (Å²) in [6.45, 7) is 0. The van der Waals surface area contributed by atoms with Crippen LogP contribution in [0.5, 0.6) is 0 Å². The van der Waals surface area contributed by atoms with E-state index in [4.69, 9.17) is 0 Å². The molecule has 2 aromatic rings. The fourth-order valence-corrected chi connectivity index (χ4v) is 4.63. The van der Waals surface area contributed by atoms with Gasteiger partial charge in [-0.2, -0.15) is 0 Å². The molecule has 0 saturated heterocycles. The van der Waals surface area contributed by atoms with Crippen LogP contribution in [0.4, 0.5) is 0 Å². The zero-order valence-electron chi connectivity index (χ0n) is 9.64. The van der Waals surface area contributed by atoms with Crippen LogP contribution < -0.4 is 0 Å². The van der Waals surface area contributed by atoms with E-state index in [1.54, 1.807) is 16.5 Å². The van der Waals surface area contributed by atoms with Crippen molar-refractivity contribution in [2.24, 2.45) is 11.8 Å². The Morgan fingerprint density at radius 3 is 1.94 bits per heavy atom. The number of fused-ring (bicyclic) bond motifs is 7. The van der Waals surface area contributed by atoms with Gasteiger partial charge in [0, 0.05) is 0 Å². The quantitative estimate of drug-likeness (QED) is 0.580. The molecule has 2 bridgehead atoms. The minimum atomic E-state index is 0.783. The second-order valence-electron chi connectivity index (χ2n) is 5.79. The van der Waals surface area contributed by atoms with E-state index in [-0.39, 0.29) is 0 Å². The van der Waals surface area contributed by atoms with Gasteiger partial charge in [0.05, 0.1) is 0 Å². The highest BCUT2D eigenvalue weighted by molar-refractivity contribution is 5.92. The third-order valence-corrected chi connectivity index (χ3v) is 5.15. The molecule has 0 N–H and O–H groups in total. The molecule has 3 aliphatic carbocycles. The Morgan fingerprint density at radius 1 is 0.765 bits per heavy atom. The maximum absolute atomic E-state index is 2.47. The van der Waals surface area contributed by atoms with Gasteiger partial charge < -0.3 is 0 Å².